The highest BCUT2D eigenvalue weighted by molar-refractivity contribution is 7.16. The summed E-state index contributed by atoms with van der Waals surface area (Å²) in [4.78, 5) is 23.1. The number of thiophene rings is 1. The van der Waals surface area contributed by atoms with E-state index in [1.807, 2.05) is 0 Å². The molecule has 1 aromatic heterocycles. The van der Waals surface area contributed by atoms with Gasteiger partial charge < -0.3 is 10.4 Å². The molecule has 2 rings (SSSR count). The molecular formula is C13H14N2O3S. The molecule has 1 heterocycles. The van der Waals surface area contributed by atoms with E-state index in [2.05, 4.69) is 18.3 Å². The number of carbonyl (C=O) groups excluding carboxylic acids is 1. The predicted molar refractivity (Wildman–Crippen MR) is 71.1 cm³/mol. The van der Waals surface area contributed by atoms with E-state index in [9.17, 15) is 14.9 Å². The van der Waals surface area contributed by atoms with Crippen LogP contribution in [0.5, 0.6) is 0 Å². The number of hydrogen-bond donors (Lipinski definition) is 2. The molecule has 19 heavy (non-hydrogen) atoms. The number of carboxylic acids is 1. The number of fused-ring (bicyclic) bond motifs is 1. The minimum atomic E-state index is -1.18. The Labute approximate surface area is 114 Å². The first-order chi connectivity index (χ1) is 9.01. The van der Waals surface area contributed by atoms with Gasteiger partial charge in [0, 0.05) is 4.88 Å². The molecular weight excluding hydrogens is 264 g/mol. The van der Waals surface area contributed by atoms with Gasteiger partial charge in [-0.25, -0.2) is 0 Å². The summed E-state index contributed by atoms with van der Waals surface area (Å²) in [6.07, 6.45) is 2.24. The zero-order valence-corrected chi connectivity index (χ0v) is 11.3. The van der Waals surface area contributed by atoms with Crippen LogP contribution >= 0.6 is 11.3 Å². The van der Waals surface area contributed by atoms with Gasteiger partial charge in [-0.3, -0.25) is 9.59 Å². The third-order valence-electron chi connectivity index (χ3n) is 3.19. The summed E-state index contributed by atoms with van der Waals surface area (Å²) >= 11 is 1.40. The van der Waals surface area contributed by atoms with E-state index in [1.54, 1.807) is 0 Å². The standard InChI is InChI=1S/C13H14N2O3S/c1-7-2-3-8-9(6-14)13(19-10(8)4-7)15-11(16)5-12(17)18/h7H,2-5H2,1H3,(H,15,16)(H,17,18). The van der Waals surface area contributed by atoms with E-state index in [4.69, 9.17) is 5.11 Å². The second-order valence-electron chi connectivity index (χ2n) is 4.79. The molecule has 1 aliphatic carbocycles. The van der Waals surface area contributed by atoms with Gasteiger partial charge in [0.25, 0.3) is 0 Å². The maximum atomic E-state index is 11.5. The van der Waals surface area contributed by atoms with Crippen LogP contribution in [0.25, 0.3) is 0 Å². The fourth-order valence-corrected chi connectivity index (χ4v) is 3.64. The van der Waals surface area contributed by atoms with Crippen LogP contribution in [0.15, 0.2) is 0 Å². The van der Waals surface area contributed by atoms with Gasteiger partial charge in [-0.05, 0) is 30.7 Å². The van der Waals surface area contributed by atoms with Crippen molar-refractivity contribution in [3.63, 3.8) is 0 Å². The van der Waals surface area contributed by atoms with Gasteiger partial charge in [0.2, 0.25) is 5.91 Å². The number of anilines is 1. The average Bonchev–Trinajstić information content (AvgIpc) is 2.63. The summed E-state index contributed by atoms with van der Waals surface area (Å²) in [5.74, 6) is -1.18. The highest BCUT2D eigenvalue weighted by Gasteiger charge is 2.24. The molecule has 6 heteroatoms. The molecule has 1 atom stereocenters. The number of nitrogens with one attached hydrogen (secondary N) is 1. The van der Waals surface area contributed by atoms with Gasteiger partial charge in [-0.15, -0.1) is 11.3 Å². The van der Waals surface area contributed by atoms with Crippen LogP contribution in [0, 0.1) is 17.2 Å². The molecule has 100 valence electrons. The van der Waals surface area contributed by atoms with Crippen molar-refractivity contribution in [3.8, 4) is 6.07 Å². The van der Waals surface area contributed by atoms with E-state index in [1.165, 1.54) is 11.3 Å². The molecule has 0 fully saturated rings. The summed E-state index contributed by atoms with van der Waals surface area (Å²) in [5.41, 5.74) is 1.53. The lowest BCUT2D eigenvalue weighted by atomic mass is 9.89. The van der Waals surface area contributed by atoms with E-state index in [-0.39, 0.29) is 0 Å². The van der Waals surface area contributed by atoms with E-state index < -0.39 is 18.3 Å². The Morgan fingerprint density at radius 1 is 1.58 bits per heavy atom. The Morgan fingerprint density at radius 2 is 2.32 bits per heavy atom. The molecule has 0 saturated carbocycles. The quantitative estimate of drug-likeness (QED) is 0.829. The van der Waals surface area contributed by atoms with Crippen LogP contribution in [-0.4, -0.2) is 17.0 Å². The summed E-state index contributed by atoms with van der Waals surface area (Å²) in [6.45, 7) is 2.16. The average molecular weight is 278 g/mol. The van der Waals surface area contributed by atoms with Crippen molar-refractivity contribution in [1.29, 1.82) is 5.26 Å². The third-order valence-corrected chi connectivity index (χ3v) is 4.36. The van der Waals surface area contributed by atoms with Gasteiger partial charge >= 0.3 is 5.97 Å². The number of hydrogen-bond acceptors (Lipinski definition) is 4. The highest BCUT2D eigenvalue weighted by atomic mass is 32.1. The summed E-state index contributed by atoms with van der Waals surface area (Å²) in [6, 6.07) is 2.13. The number of amides is 1. The van der Waals surface area contributed by atoms with Crippen molar-refractivity contribution in [2.45, 2.75) is 32.6 Å². The molecule has 5 nitrogen and oxygen atoms in total. The van der Waals surface area contributed by atoms with Gasteiger partial charge in [0.05, 0.1) is 5.56 Å². The van der Waals surface area contributed by atoms with Crippen LogP contribution in [-0.2, 0) is 22.4 Å². The topological polar surface area (TPSA) is 90.2 Å². The molecule has 1 amide bonds. The molecule has 1 unspecified atom stereocenters. The van der Waals surface area contributed by atoms with Crippen molar-refractivity contribution in [1.82, 2.24) is 0 Å². The molecule has 1 aliphatic rings. The van der Waals surface area contributed by atoms with Crippen LogP contribution in [0.2, 0.25) is 0 Å². The maximum absolute atomic E-state index is 11.5. The van der Waals surface area contributed by atoms with Gasteiger partial charge in [-0.1, -0.05) is 6.92 Å². The summed E-state index contributed by atoms with van der Waals surface area (Å²) in [5, 5.41) is 20.8. The Hall–Kier alpha value is -1.87. The lowest BCUT2D eigenvalue weighted by Gasteiger charge is -2.17. The number of carbonyl (C=O) groups is 2. The van der Waals surface area contributed by atoms with Crippen LogP contribution in [0.3, 0.4) is 0 Å². The Balaban J connectivity index is 2.24. The fourth-order valence-electron chi connectivity index (χ4n) is 2.27. The molecule has 0 saturated heterocycles. The number of rotatable bonds is 3. The molecule has 1 aromatic rings. The molecule has 0 radical (unpaired) electrons. The minimum Gasteiger partial charge on any atom is -0.481 e. The third kappa shape index (κ3) is 2.93. The second kappa shape index (κ2) is 5.41. The lowest BCUT2D eigenvalue weighted by molar-refractivity contribution is -0.139. The Kier molecular flexibility index (Phi) is 3.86. The maximum Gasteiger partial charge on any atom is 0.312 e. The summed E-state index contributed by atoms with van der Waals surface area (Å²) < 4.78 is 0. The van der Waals surface area contributed by atoms with Crippen molar-refractivity contribution >= 4 is 28.2 Å². The normalized spacial score (nSPS) is 17.4. The fraction of sp³-hybridized carbons (Fsp3) is 0.462. The number of aliphatic carboxylic acids is 1. The molecule has 0 aliphatic heterocycles. The first-order valence-corrected chi connectivity index (χ1v) is 6.89. The Bertz CT molecular complexity index is 571. The van der Waals surface area contributed by atoms with Gasteiger partial charge in [-0.2, -0.15) is 5.26 Å². The highest BCUT2D eigenvalue weighted by Crippen LogP contribution is 2.39. The zero-order chi connectivity index (χ0) is 14.0. The zero-order valence-electron chi connectivity index (χ0n) is 10.5. The van der Waals surface area contributed by atoms with Gasteiger partial charge in [0.1, 0.15) is 17.5 Å². The predicted octanol–water partition coefficient (Wildman–Crippen LogP) is 2.16. The number of nitrogens with zero attached hydrogens (tertiary/aromatic N) is 1. The molecule has 2 N–H and O–H groups in total. The number of carboxylic acid groups (broad SMARTS) is 1. The lowest BCUT2D eigenvalue weighted by Crippen LogP contribution is -2.15. The minimum absolute atomic E-state index is 0.493. The first-order valence-electron chi connectivity index (χ1n) is 6.07. The number of nitriles is 1. The first kappa shape index (κ1) is 13.6. The SMILES string of the molecule is CC1CCc2c(sc(NC(=O)CC(=O)O)c2C#N)C1. The summed E-state index contributed by atoms with van der Waals surface area (Å²) in [7, 11) is 0. The second-order valence-corrected chi connectivity index (χ2v) is 5.89. The van der Waals surface area contributed by atoms with Crippen molar-refractivity contribution in [2.75, 3.05) is 5.32 Å². The van der Waals surface area contributed by atoms with Crippen LogP contribution in [0.1, 0.15) is 35.8 Å². The van der Waals surface area contributed by atoms with Crippen molar-refractivity contribution < 1.29 is 14.7 Å². The largest absolute Gasteiger partial charge is 0.481 e. The van der Waals surface area contributed by atoms with Crippen molar-refractivity contribution in [3.05, 3.63) is 16.0 Å². The van der Waals surface area contributed by atoms with Crippen LogP contribution < -0.4 is 5.32 Å². The van der Waals surface area contributed by atoms with Gasteiger partial charge in [0.15, 0.2) is 0 Å². The smallest absolute Gasteiger partial charge is 0.312 e. The van der Waals surface area contributed by atoms with Crippen molar-refractivity contribution in [2.24, 2.45) is 5.92 Å². The Morgan fingerprint density at radius 3 is 2.95 bits per heavy atom. The monoisotopic (exact) mass is 278 g/mol. The molecule has 0 aromatic carbocycles. The molecule has 0 bridgehead atoms. The van der Waals surface area contributed by atoms with E-state index in [0.717, 1.165) is 29.7 Å². The molecule has 0 spiro atoms. The van der Waals surface area contributed by atoms with E-state index >= 15 is 0 Å². The van der Waals surface area contributed by atoms with Crippen LogP contribution in [0.4, 0.5) is 5.00 Å². The van der Waals surface area contributed by atoms with E-state index in [0.29, 0.717) is 16.5 Å².